The van der Waals surface area contributed by atoms with Crippen LogP contribution in [0.2, 0.25) is 0 Å². The summed E-state index contributed by atoms with van der Waals surface area (Å²) in [6, 6.07) is 8.04. The minimum atomic E-state index is -0.000463. The average molecular weight is 203 g/mol. The maximum Gasteiger partial charge on any atom is 0.0995 e. The molecular weight excluding hydrogens is 186 g/mol. The molecule has 0 aliphatic rings. The molecule has 2 heteroatoms. The highest BCUT2D eigenvalue weighted by Gasteiger charge is 2.10. The molecule has 0 fully saturated rings. The molecule has 1 atom stereocenters. The molecule has 0 saturated carbocycles. The van der Waals surface area contributed by atoms with Crippen molar-refractivity contribution in [2.24, 2.45) is 0 Å². The fourth-order valence-corrected chi connectivity index (χ4v) is 1.50. The van der Waals surface area contributed by atoms with Crippen LogP contribution in [0.15, 0.2) is 18.2 Å². The molecule has 0 aliphatic carbocycles. The van der Waals surface area contributed by atoms with Gasteiger partial charge in [-0.2, -0.15) is 5.26 Å². The number of benzene rings is 1. The third-order valence-electron chi connectivity index (χ3n) is 2.34. The van der Waals surface area contributed by atoms with E-state index in [1.807, 2.05) is 32.0 Å². The van der Waals surface area contributed by atoms with E-state index < -0.39 is 0 Å². The molecule has 15 heavy (non-hydrogen) atoms. The highest BCUT2D eigenvalue weighted by atomic mass is 16.5. The van der Waals surface area contributed by atoms with Crippen LogP contribution in [-0.2, 0) is 4.74 Å². The second-order valence-corrected chi connectivity index (χ2v) is 3.72. The van der Waals surface area contributed by atoms with E-state index in [9.17, 15) is 0 Å². The smallest absolute Gasteiger partial charge is 0.0995 e. The lowest BCUT2D eigenvalue weighted by molar-refractivity contribution is 0.0660. The van der Waals surface area contributed by atoms with Gasteiger partial charge in [-0.3, -0.25) is 0 Å². The molecule has 0 N–H and O–H groups in total. The number of hydrogen-bond acceptors (Lipinski definition) is 2. The lowest BCUT2D eigenvalue weighted by Crippen LogP contribution is -2.03. The van der Waals surface area contributed by atoms with Gasteiger partial charge in [0.15, 0.2) is 0 Å². The van der Waals surface area contributed by atoms with Crippen LogP contribution < -0.4 is 0 Å². The highest BCUT2D eigenvalue weighted by molar-refractivity contribution is 5.41. The van der Waals surface area contributed by atoms with Crippen LogP contribution >= 0.6 is 0 Å². The van der Waals surface area contributed by atoms with E-state index in [0.29, 0.717) is 5.56 Å². The van der Waals surface area contributed by atoms with Gasteiger partial charge >= 0.3 is 0 Å². The average Bonchev–Trinajstić information content (AvgIpc) is 2.25. The first-order valence-corrected chi connectivity index (χ1v) is 5.31. The van der Waals surface area contributed by atoms with Gasteiger partial charge in [0.05, 0.1) is 17.7 Å². The molecule has 2 nitrogen and oxygen atoms in total. The number of nitriles is 1. The molecule has 0 spiro atoms. The third-order valence-corrected chi connectivity index (χ3v) is 2.34. The number of rotatable bonds is 4. The Balaban J connectivity index is 2.91. The summed E-state index contributed by atoms with van der Waals surface area (Å²) in [5.74, 6) is 0. The second-order valence-electron chi connectivity index (χ2n) is 3.72. The summed E-state index contributed by atoms with van der Waals surface area (Å²) in [6.45, 7) is 6.83. The van der Waals surface area contributed by atoms with Crippen molar-refractivity contribution >= 4 is 0 Å². The largest absolute Gasteiger partial charge is 0.374 e. The zero-order chi connectivity index (χ0) is 11.3. The van der Waals surface area contributed by atoms with Gasteiger partial charge < -0.3 is 4.74 Å². The summed E-state index contributed by atoms with van der Waals surface area (Å²) in [5.41, 5.74) is 2.87. The molecule has 0 bridgehead atoms. The Morgan fingerprint density at radius 2 is 2.20 bits per heavy atom. The zero-order valence-electron chi connectivity index (χ0n) is 9.58. The van der Waals surface area contributed by atoms with Crippen LogP contribution in [0.25, 0.3) is 0 Å². The van der Waals surface area contributed by atoms with Crippen molar-refractivity contribution in [3.05, 3.63) is 34.9 Å². The van der Waals surface area contributed by atoms with Gasteiger partial charge in [0.2, 0.25) is 0 Å². The van der Waals surface area contributed by atoms with Crippen molar-refractivity contribution in [2.75, 3.05) is 6.61 Å². The van der Waals surface area contributed by atoms with Gasteiger partial charge in [-0.1, -0.05) is 24.6 Å². The number of nitrogens with zero attached hydrogens (tertiary/aromatic N) is 1. The molecule has 0 radical (unpaired) electrons. The van der Waals surface area contributed by atoms with E-state index in [1.54, 1.807) is 0 Å². The van der Waals surface area contributed by atoms with Crippen molar-refractivity contribution in [3.8, 4) is 6.07 Å². The monoisotopic (exact) mass is 203 g/mol. The van der Waals surface area contributed by atoms with Crippen LogP contribution in [0, 0.1) is 18.3 Å². The molecule has 0 amide bonds. The number of aryl methyl sites for hydroxylation is 1. The van der Waals surface area contributed by atoms with Gasteiger partial charge in [-0.15, -0.1) is 0 Å². The van der Waals surface area contributed by atoms with Crippen LogP contribution in [-0.4, -0.2) is 6.61 Å². The Kier molecular flexibility index (Phi) is 4.33. The van der Waals surface area contributed by atoms with E-state index in [0.717, 1.165) is 24.2 Å². The van der Waals surface area contributed by atoms with Crippen molar-refractivity contribution in [1.82, 2.24) is 0 Å². The molecule has 1 rings (SSSR count). The Bertz CT molecular complexity index is 365. The summed E-state index contributed by atoms with van der Waals surface area (Å²) in [5, 5.41) is 8.98. The van der Waals surface area contributed by atoms with Crippen molar-refractivity contribution in [3.63, 3.8) is 0 Å². The molecular formula is C13H17NO. The highest BCUT2D eigenvalue weighted by Crippen LogP contribution is 2.22. The van der Waals surface area contributed by atoms with Crippen molar-refractivity contribution in [2.45, 2.75) is 33.3 Å². The first kappa shape index (κ1) is 11.7. The quantitative estimate of drug-likeness (QED) is 0.751. The van der Waals surface area contributed by atoms with E-state index in [4.69, 9.17) is 10.00 Å². The zero-order valence-corrected chi connectivity index (χ0v) is 9.58. The second kappa shape index (κ2) is 5.53. The Morgan fingerprint density at radius 1 is 1.47 bits per heavy atom. The summed E-state index contributed by atoms with van der Waals surface area (Å²) >= 11 is 0. The Labute approximate surface area is 91.5 Å². The molecule has 1 aromatic carbocycles. The summed E-state index contributed by atoms with van der Waals surface area (Å²) in [6.07, 6.45) is 0.998. The molecule has 1 unspecified atom stereocenters. The van der Waals surface area contributed by atoms with E-state index >= 15 is 0 Å². The molecule has 0 aliphatic heterocycles. The third kappa shape index (κ3) is 3.07. The van der Waals surface area contributed by atoms with E-state index in [-0.39, 0.29) is 6.10 Å². The first-order chi connectivity index (χ1) is 7.19. The fraction of sp³-hybridized carbons (Fsp3) is 0.462. The first-order valence-electron chi connectivity index (χ1n) is 5.31. The van der Waals surface area contributed by atoms with Gasteiger partial charge in [-0.25, -0.2) is 0 Å². The minimum Gasteiger partial charge on any atom is -0.374 e. The number of ether oxygens (including phenoxy) is 1. The standard InChI is InChI=1S/C13H17NO/c1-4-7-15-11(3)13-8-10(2)5-6-12(13)9-14/h5-6,8,11H,4,7H2,1-3H3. The van der Waals surface area contributed by atoms with Crippen LogP contribution in [0.1, 0.15) is 43.1 Å². The predicted molar refractivity (Wildman–Crippen MR) is 60.6 cm³/mol. The van der Waals surface area contributed by atoms with Gasteiger partial charge in [0.25, 0.3) is 0 Å². The Hall–Kier alpha value is -1.33. The number of hydrogen-bond donors (Lipinski definition) is 0. The van der Waals surface area contributed by atoms with E-state index in [1.165, 1.54) is 0 Å². The van der Waals surface area contributed by atoms with Gasteiger partial charge in [-0.05, 0) is 31.9 Å². The van der Waals surface area contributed by atoms with Gasteiger partial charge in [0.1, 0.15) is 0 Å². The molecule has 0 aromatic heterocycles. The van der Waals surface area contributed by atoms with Gasteiger partial charge in [0, 0.05) is 6.61 Å². The molecule has 80 valence electrons. The topological polar surface area (TPSA) is 33.0 Å². The van der Waals surface area contributed by atoms with Crippen LogP contribution in [0.5, 0.6) is 0 Å². The maximum absolute atomic E-state index is 8.98. The van der Waals surface area contributed by atoms with Crippen LogP contribution in [0.4, 0.5) is 0 Å². The fourth-order valence-electron chi connectivity index (χ4n) is 1.50. The predicted octanol–water partition coefficient (Wildman–Crippen LogP) is 3.35. The van der Waals surface area contributed by atoms with Crippen molar-refractivity contribution < 1.29 is 4.74 Å². The Morgan fingerprint density at radius 3 is 2.80 bits per heavy atom. The lowest BCUT2D eigenvalue weighted by atomic mass is 10.0. The SMILES string of the molecule is CCCOC(C)c1cc(C)ccc1C#N. The lowest BCUT2D eigenvalue weighted by Gasteiger charge is -2.14. The molecule has 0 heterocycles. The maximum atomic E-state index is 8.98. The molecule has 1 aromatic rings. The minimum absolute atomic E-state index is 0.000463. The molecule has 0 saturated heterocycles. The van der Waals surface area contributed by atoms with Crippen LogP contribution in [0.3, 0.4) is 0 Å². The van der Waals surface area contributed by atoms with E-state index in [2.05, 4.69) is 13.0 Å². The summed E-state index contributed by atoms with van der Waals surface area (Å²) in [7, 11) is 0. The summed E-state index contributed by atoms with van der Waals surface area (Å²) < 4.78 is 5.62. The summed E-state index contributed by atoms with van der Waals surface area (Å²) in [4.78, 5) is 0. The normalized spacial score (nSPS) is 12.1. The van der Waals surface area contributed by atoms with Crippen molar-refractivity contribution in [1.29, 1.82) is 5.26 Å².